The molecule has 4 nitrogen and oxygen atoms in total. The lowest BCUT2D eigenvalue weighted by Gasteiger charge is -2.12. The zero-order chi connectivity index (χ0) is 37.7. The number of hydrogen-bond acceptors (Lipinski definition) is 4. The molecule has 0 aliphatic carbocycles. The Morgan fingerprint density at radius 3 is 1.42 bits per heavy atom. The average Bonchev–Trinajstić information content (AvgIpc) is 3.67. The standard InChI is InChI=1S/C53H33N3O/c1-4-13-34(14-5-1)37-19-12-20-42(30-37)51-54-52(43-26-25-39-29-38(23-24-40(39)31-43)35-15-6-2-7-16-35)56-53(55-51)47-33-49-50(45-22-11-10-21-44(45)47)46-28-27-41(32-48(46)57-49)36-17-8-3-9-18-36/h1-33H. The third-order valence-corrected chi connectivity index (χ3v) is 10.9. The van der Waals surface area contributed by atoms with Gasteiger partial charge in [-0.3, -0.25) is 0 Å². The molecule has 2 aromatic heterocycles. The molecule has 11 aromatic rings. The van der Waals surface area contributed by atoms with Crippen molar-refractivity contribution in [2.24, 2.45) is 0 Å². The van der Waals surface area contributed by atoms with Crippen LogP contribution in [0.15, 0.2) is 205 Å². The zero-order valence-electron chi connectivity index (χ0n) is 30.8. The summed E-state index contributed by atoms with van der Waals surface area (Å²) >= 11 is 0. The third kappa shape index (κ3) is 5.92. The molecule has 9 aromatic carbocycles. The van der Waals surface area contributed by atoms with Gasteiger partial charge >= 0.3 is 0 Å². The first-order valence-electron chi connectivity index (χ1n) is 19.2. The lowest BCUT2D eigenvalue weighted by Crippen LogP contribution is -2.01. The Morgan fingerprint density at radius 1 is 0.281 bits per heavy atom. The second kappa shape index (κ2) is 13.6. The summed E-state index contributed by atoms with van der Waals surface area (Å²) in [6.07, 6.45) is 0. The van der Waals surface area contributed by atoms with Crippen LogP contribution in [0.4, 0.5) is 0 Å². The molecule has 0 aliphatic heterocycles. The molecule has 11 rings (SSSR count). The van der Waals surface area contributed by atoms with Crippen molar-refractivity contribution >= 4 is 43.5 Å². The van der Waals surface area contributed by atoms with E-state index in [9.17, 15) is 0 Å². The van der Waals surface area contributed by atoms with Gasteiger partial charge in [-0.25, -0.2) is 15.0 Å². The van der Waals surface area contributed by atoms with Crippen LogP contribution < -0.4 is 0 Å². The molecule has 4 heteroatoms. The molecule has 266 valence electrons. The molecular weight excluding hydrogens is 695 g/mol. The Kier molecular flexibility index (Phi) is 7.78. The van der Waals surface area contributed by atoms with Gasteiger partial charge in [-0.2, -0.15) is 0 Å². The Balaban J connectivity index is 1.11. The van der Waals surface area contributed by atoms with Crippen molar-refractivity contribution < 1.29 is 4.42 Å². The van der Waals surface area contributed by atoms with E-state index in [0.717, 1.165) is 82.4 Å². The Bertz CT molecular complexity index is 3280. The minimum Gasteiger partial charge on any atom is -0.456 e. The van der Waals surface area contributed by atoms with Crippen LogP contribution in [0.25, 0.3) is 111 Å². The van der Waals surface area contributed by atoms with Gasteiger partial charge in [0.1, 0.15) is 11.2 Å². The Labute approximate surface area is 329 Å². The number of hydrogen-bond donors (Lipinski definition) is 0. The molecule has 0 saturated carbocycles. The maximum absolute atomic E-state index is 6.70. The molecular formula is C53H33N3O. The van der Waals surface area contributed by atoms with Gasteiger partial charge in [0, 0.05) is 27.5 Å². The van der Waals surface area contributed by atoms with Crippen molar-refractivity contribution in [2.45, 2.75) is 0 Å². The predicted molar refractivity (Wildman–Crippen MR) is 235 cm³/mol. The first kappa shape index (κ1) is 32.7. The van der Waals surface area contributed by atoms with E-state index in [1.165, 1.54) is 11.1 Å². The SMILES string of the molecule is c1ccc(-c2cccc(-c3nc(-c4ccc5cc(-c6ccccc6)ccc5c4)nc(-c4cc5oc6cc(-c7ccccc7)ccc6c5c5ccccc45)n3)c2)cc1. The van der Waals surface area contributed by atoms with Gasteiger partial charge in [0.25, 0.3) is 0 Å². The summed E-state index contributed by atoms with van der Waals surface area (Å²) in [5, 5.41) is 6.57. The highest BCUT2D eigenvalue weighted by atomic mass is 16.3. The molecule has 0 unspecified atom stereocenters. The predicted octanol–water partition coefficient (Wildman–Crippen LogP) is 14.1. The van der Waals surface area contributed by atoms with Crippen molar-refractivity contribution in [3.05, 3.63) is 200 Å². The van der Waals surface area contributed by atoms with E-state index >= 15 is 0 Å². The van der Waals surface area contributed by atoms with E-state index in [1.807, 2.05) is 18.2 Å². The van der Waals surface area contributed by atoms with Crippen LogP contribution in [0.1, 0.15) is 0 Å². The van der Waals surface area contributed by atoms with E-state index < -0.39 is 0 Å². The Hall–Kier alpha value is -7.69. The second-order valence-corrected chi connectivity index (χ2v) is 14.4. The van der Waals surface area contributed by atoms with Gasteiger partial charge in [-0.05, 0) is 91.3 Å². The van der Waals surface area contributed by atoms with Crippen LogP contribution >= 0.6 is 0 Å². The maximum atomic E-state index is 6.70. The van der Waals surface area contributed by atoms with Crippen molar-refractivity contribution in [3.63, 3.8) is 0 Å². The number of nitrogens with zero attached hydrogens (tertiary/aromatic N) is 3. The van der Waals surface area contributed by atoms with Crippen LogP contribution in [0.5, 0.6) is 0 Å². The van der Waals surface area contributed by atoms with Gasteiger partial charge in [0.2, 0.25) is 0 Å². The summed E-state index contributed by atoms with van der Waals surface area (Å²) in [5.41, 5.74) is 11.2. The summed E-state index contributed by atoms with van der Waals surface area (Å²) in [4.78, 5) is 15.7. The van der Waals surface area contributed by atoms with E-state index in [4.69, 9.17) is 19.4 Å². The molecule has 0 N–H and O–H groups in total. The quantitative estimate of drug-likeness (QED) is 0.171. The van der Waals surface area contributed by atoms with Gasteiger partial charge in [-0.1, -0.05) is 164 Å². The molecule has 0 fully saturated rings. The summed E-state index contributed by atoms with van der Waals surface area (Å²) < 4.78 is 6.70. The first-order valence-corrected chi connectivity index (χ1v) is 19.2. The van der Waals surface area contributed by atoms with E-state index in [0.29, 0.717) is 17.5 Å². The fourth-order valence-corrected chi connectivity index (χ4v) is 8.05. The van der Waals surface area contributed by atoms with E-state index in [2.05, 4.69) is 182 Å². The Morgan fingerprint density at radius 2 is 0.754 bits per heavy atom. The summed E-state index contributed by atoms with van der Waals surface area (Å²) in [6.45, 7) is 0. The van der Waals surface area contributed by atoms with Crippen molar-refractivity contribution in [3.8, 4) is 67.5 Å². The molecule has 0 saturated heterocycles. The highest BCUT2D eigenvalue weighted by molar-refractivity contribution is 6.22. The minimum absolute atomic E-state index is 0.586. The lowest BCUT2D eigenvalue weighted by molar-refractivity contribution is 0.669. The van der Waals surface area contributed by atoms with E-state index in [1.54, 1.807) is 0 Å². The zero-order valence-corrected chi connectivity index (χ0v) is 30.8. The van der Waals surface area contributed by atoms with Crippen LogP contribution in [-0.4, -0.2) is 15.0 Å². The topological polar surface area (TPSA) is 51.8 Å². The number of benzene rings is 9. The number of furan rings is 1. The van der Waals surface area contributed by atoms with Crippen molar-refractivity contribution in [1.82, 2.24) is 15.0 Å². The molecule has 57 heavy (non-hydrogen) atoms. The highest BCUT2D eigenvalue weighted by Gasteiger charge is 2.20. The average molecular weight is 728 g/mol. The fourth-order valence-electron chi connectivity index (χ4n) is 8.05. The first-order chi connectivity index (χ1) is 28.2. The molecule has 0 atom stereocenters. The normalized spacial score (nSPS) is 11.5. The smallest absolute Gasteiger partial charge is 0.164 e. The summed E-state index contributed by atoms with van der Waals surface area (Å²) in [6, 6.07) is 69.9. The van der Waals surface area contributed by atoms with E-state index in [-0.39, 0.29) is 0 Å². The second-order valence-electron chi connectivity index (χ2n) is 14.4. The molecule has 0 amide bonds. The highest BCUT2D eigenvalue weighted by Crippen LogP contribution is 2.41. The van der Waals surface area contributed by atoms with Crippen LogP contribution in [0.3, 0.4) is 0 Å². The van der Waals surface area contributed by atoms with Gasteiger partial charge in [-0.15, -0.1) is 0 Å². The molecule has 2 heterocycles. The molecule has 0 aliphatic rings. The molecule has 0 radical (unpaired) electrons. The molecule has 0 bridgehead atoms. The van der Waals surface area contributed by atoms with Crippen molar-refractivity contribution in [1.29, 1.82) is 0 Å². The van der Waals surface area contributed by atoms with Gasteiger partial charge in [0.05, 0.1) is 0 Å². The van der Waals surface area contributed by atoms with Gasteiger partial charge in [0.15, 0.2) is 17.5 Å². The summed E-state index contributed by atoms with van der Waals surface area (Å²) in [5.74, 6) is 1.80. The minimum atomic E-state index is 0.586. The summed E-state index contributed by atoms with van der Waals surface area (Å²) in [7, 11) is 0. The number of aromatic nitrogens is 3. The van der Waals surface area contributed by atoms with Crippen molar-refractivity contribution in [2.75, 3.05) is 0 Å². The third-order valence-electron chi connectivity index (χ3n) is 10.9. The number of fused-ring (bicyclic) bond motifs is 6. The van der Waals surface area contributed by atoms with Crippen LogP contribution in [0.2, 0.25) is 0 Å². The number of rotatable bonds is 6. The monoisotopic (exact) mass is 727 g/mol. The largest absolute Gasteiger partial charge is 0.456 e. The lowest BCUT2D eigenvalue weighted by atomic mass is 9.97. The fraction of sp³-hybridized carbons (Fsp3) is 0. The maximum Gasteiger partial charge on any atom is 0.164 e. The molecule has 0 spiro atoms. The van der Waals surface area contributed by atoms with Crippen LogP contribution in [-0.2, 0) is 0 Å². The van der Waals surface area contributed by atoms with Gasteiger partial charge < -0.3 is 4.42 Å². The van der Waals surface area contributed by atoms with Crippen LogP contribution in [0, 0.1) is 0 Å².